The van der Waals surface area contributed by atoms with Gasteiger partial charge in [-0.3, -0.25) is 4.79 Å². The molecule has 1 aliphatic carbocycles. The Labute approximate surface area is 275 Å². The van der Waals surface area contributed by atoms with E-state index >= 15 is 0 Å². The predicted octanol–water partition coefficient (Wildman–Crippen LogP) is 3.26. The van der Waals surface area contributed by atoms with E-state index in [1.165, 1.54) is 0 Å². The van der Waals surface area contributed by atoms with Crippen LogP contribution in [0, 0.1) is 5.92 Å². The van der Waals surface area contributed by atoms with Gasteiger partial charge in [-0.05, 0) is 47.2 Å². The third-order valence-electron chi connectivity index (χ3n) is 8.22. The smallest absolute Gasteiger partial charge is 0.407 e. The monoisotopic (exact) mass is 650 g/mol. The minimum atomic E-state index is -1.07. The number of carbonyl (C=O) groups is 2. The number of nitrogens with one attached hydrogen (secondary N) is 2. The molecule has 0 aromatic heterocycles. The fraction of sp³-hybridized carbons (Fsp3) is 0.444. The summed E-state index contributed by atoms with van der Waals surface area (Å²) < 4.78 is 21.2. The van der Waals surface area contributed by atoms with Crippen LogP contribution in [0.15, 0.2) is 78.9 Å². The highest BCUT2D eigenvalue weighted by molar-refractivity contribution is 5.77. The first-order chi connectivity index (χ1) is 22.9. The first-order valence-corrected chi connectivity index (χ1v) is 16.0. The Hall–Kier alpha value is -4.00. The number of methoxy groups -OCH3 is 1. The van der Waals surface area contributed by atoms with Crippen LogP contribution in [0.4, 0.5) is 4.79 Å². The zero-order valence-corrected chi connectivity index (χ0v) is 26.8. The van der Waals surface area contributed by atoms with E-state index in [4.69, 9.17) is 24.1 Å². The summed E-state index contributed by atoms with van der Waals surface area (Å²) in [6, 6.07) is 22.9. The molecule has 1 unspecified atom stereocenters. The van der Waals surface area contributed by atoms with Gasteiger partial charge in [0.1, 0.15) is 19.0 Å². The van der Waals surface area contributed by atoms with Crippen molar-refractivity contribution in [1.82, 2.24) is 10.6 Å². The van der Waals surface area contributed by atoms with Crippen molar-refractivity contribution in [2.75, 3.05) is 46.8 Å². The number of aliphatic hydroxyl groups excluding tert-OH is 3. The van der Waals surface area contributed by atoms with Gasteiger partial charge in [0.2, 0.25) is 5.91 Å². The fourth-order valence-corrected chi connectivity index (χ4v) is 5.85. The Balaban J connectivity index is 1.52. The van der Waals surface area contributed by atoms with E-state index < -0.39 is 36.3 Å². The highest BCUT2D eigenvalue weighted by atomic mass is 16.6. The lowest BCUT2D eigenvalue weighted by Crippen LogP contribution is -2.45. The third-order valence-corrected chi connectivity index (χ3v) is 8.22. The van der Waals surface area contributed by atoms with Gasteiger partial charge in [0.25, 0.3) is 0 Å². The molecule has 2 amide bonds. The molecule has 0 saturated heterocycles. The second kappa shape index (κ2) is 19.0. The number of alkyl carbamates (subject to hydrolysis) is 1. The van der Waals surface area contributed by atoms with Crippen molar-refractivity contribution in [2.45, 2.75) is 50.0 Å². The molecule has 5 atom stereocenters. The number of amides is 2. The topological polar surface area (TPSA) is 156 Å². The van der Waals surface area contributed by atoms with Crippen molar-refractivity contribution < 1.29 is 43.9 Å². The van der Waals surface area contributed by atoms with Crippen LogP contribution in [0.25, 0.3) is 0 Å². The molecule has 0 fully saturated rings. The molecule has 3 aromatic carbocycles. The van der Waals surface area contributed by atoms with E-state index in [1.807, 2.05) is 54.6 Å². The summed E-state index contributed by atoms with van der Waals surface area (Å²) in [5, 5.41) is 37.5. The zero-order valence-electron chi connectivity index (χ0n) is 26.8. The maximum absolute atomic E-state index is 13.3. The minimum Gasteiger partial charge on any atom is -0.491 e. The number of benzene rings is 3. The molecule has 11 heteroatoms. The van der Waals surface area contributed by atoms with Crippen molar-refractivity contribution >= 4 is 12.0 Å². The molecule has 4 rings (SSSR count). The van der Waals surface area contributed by atoms with Gasteiger partial charge in [-0.2, -0.15) is 0 Å². The molecular formula is C36H46N2O9. The fourth-order valence-electron chi connectivity index (χ4n) is 5.85. The van der Waals surface area contributed by atoms with Gasteiger partial charge in [0, 0.05) is 31.9 Å². The molecule has 0 spiro atoms. The summed E-state index contributed by atoms with van der Waals surface area (Å²) in [5.41, 5.74) is 3.40. The normalized spacial score (nSPS) is 17.3. The van der Waals surface area contributed by atoms with Crippen LogP contribution in [-0.2, 0) is 31.8 Å². The molecule has 0 aliphatic heterocycles. The molecule has 0 saturated carbocycles. The highest BCUT2D eigenvalue weighted by Gasteiger charge is 2.34. The standard InChI is InChI=1S/C36H46N2O9/c1-44-19-20-45-21-22-47-36(43)37-31(23-25-7-3-2-4-8-25)30(35(42)26-11-13-28(14-12-26)46-18-17-39)15-16-33(41)38-34-29-10-6-5-9-27(29)24-32(34)40/h2-14,30-32,34-35,39-40,42H,15-24H2,1H3,(H,37,43)(H,38,41)/t30-,31-,32+,34-,35?/m0/s1. The van der Waals surface area contributed by atoms with E-state index in [1.54, 1.807) is 31.4 Å². The first kappa shape index (κ1) is 35.8. The highest BCUT2D eigenvalue weighted by Crippen LogP contribution is 2.33. The van der Waals surface area contributed by atoms with E-state index in [0.717, 1.165) is 16.7 Å². The van der Waals surface area contributed by atoms with Gasteiger partial charge in [-0.15, -0.1) is 0 Å². The Bertz CT molecular complexity index is 1370. The number of hydrogen-bond donors (Lipinski definition) is 5. The van der Waals surface area contributed by atoms with E-state index in [0.29, 0.717) is 37.4 Å². The number of hydrogen-bond acceptors (Lipinski definition) is 9. The molecule has 0 bridgehead atoms. The summed E-state index contributed by atoms with van der Waals surface area (Å²) in [4.78, 5) is 26.4. The van der Waals surface area contributed by atoms with Crippen molar-refractivity contribution in [3.05, 3.63) is 101 Å². The van der Waals surface area contributed by atoms with Crippen LogP contribution in [0.3, 0.4) is 0 Å². The van der Waals surface area contributed by atoms with Crippen molar-refractivity contribution in [3.8, 4) is 5.75 Å². The van der Waals surface area contributed by atoms with Crippen LogP contribution in [0.5, 0.6) is 5.75 Å². The molecule has 0 heterocycles. The lowest BCUT2D eigenvalue weighted by Gasteiger charge is -2.32. The quantitative estimate of drug-likeness (QED) is 0.123. The van der Waals surface area contributed by atoms with Gasteiger partial charge in [0.05, 0.1) is 44.7 Å². The van der Waals surface area contributed by atoms with Crippen molar-refractivity contribution in [3.63, 3.8) is 0 Å². The van der Waals surface area contributed by atoms with Gasteiger partial charge in [0.15, 0.2) is 0 Å². The number of carbonyl (C=O) groups excluding carboxylic acids is 2. The average Bonchev–Trinajstić information content (AvgIpc) is 3.40. The second-order valence-corrected chi connectivity index (χ2v) is 11.5. The molecule has 1 aliphatic rings. The van der Waals surface area contributed by atoms with E-state index in [-0.39, 0.29) is 45.2 Å². The summed E-state index contributed by atoms with van der Waals surface area (Å²) in [7, 11) is 1.57. The Morgan fingerprint density at radius 2 is 1.64 bits per heavy atom. The summed E-state index contributed by atoms with van der Waals surface area (Å²) in [5.74, 6) is -0.349. The zero-order chi connectivity index (χ0) is 33.4. The van der Waals surface area contributed by atoms with E-state index in [9.17, 15) is 19.8 Å². The maximum atomic E-state index is 13.3. The van der Waals surface area contributed by atoms with Crippen molar-refractivity contribution in [2.24, 2.45) is 5.92 Å². The lowest BCUT2D eigenvalue weighted by molar-refractivity contribution is -0.123. The Kier molecular flexibility index (Phi) is 14.5. The second-order valence-electron chi connectivity index (χ2n) is 11.5. The Morgan fingerprint density at radius 3 is 2.38 bits per heavy atom. The number of fused-ring (bicyclic) bond motifs is 1. The SMILES string of the molecule is COCCOCCOC(=O)N[C@@H](Cc1ccccc1)[C@H](CCC(=O)N[C@H]1c2ccccc2C[C@H]1O)C(O)c1ccc(OCCO)cc1. The van der Waals surface area contributed by atoms with Gasteiger partial charge < -0.3 is 44.9 Å². The third kappa shape index (κ3) is 11.0. The molecule has 0 radical (unpaired) electrons. The predicted molar refractivity (Wildman–Crippen MR) is 175 cm³/mol. The largest absolute Gasteiger partial charge is 0.491 e. The van der Waals surface area contributed by atoms with E-state index in [2.05, 4.69) is 10.6 Å². The number of aliphatic hydroxyl groups is 3. The van der Waals surface area contributed by atoms with Gasteiger partial charge >= 0.3 is 6.09 Å². The lowest BCUT2D eigenvalue weighted by atomic mass is 9.82. The first-order valence-electron chi connectivity index (χ1n) is 16.0. The summed E-state index contributed by atoms with van der Waals surface area (Å²) in [6.45, 7) is 1.06. The van der Waals surface area contributed by atoms with Gasteiger partial charge in [-0.1, -0.05) is 66.7 Å². The van der Waals surface area contributed by atoms with Crippen LogP contribution >= 0.6 is 0 Å². The van der Waals surface area contributed by atoms with Crippen LogP contribution in [0.2, 0.25) is 0 Å². The Morgan fingerprint density at radius 1 is 0.915 bits per heavy atom. The van der Waals surface area contributed by atoms with Gasteiger partial charge in [-0.25, -0.2) is 4.79 Å². The minimum absolute atomic E-state index is 0.0315. The summed E-state index contributed by atoms with van der Waals surface area (Å²) in [6.07, 6.45) is -1.37. The molecule has 11 nitrogen and oxygen atoms in total. The molecule has 3 aromatic rings. The number of rotatable bonds is 19. The van der Waals surface area contributed by atoms with Crippen LogP contribution in [-0.4, -0.2) is 86.2 Å². The van der Waals surface area contributed by atoms with Crippen molar-refractivity contribution in [1.29, 1.82) is 0 Å². The molecule has 254 valence electrons. The molecule has 5 N–H and O–H groups in total. The molecule has 47 heavy (non-hydrogen) atoms. The number of ether oxygens (including phenoxy) is 4. The summed E-state index contributed by atoms with van der Waals surface area (Å²) >= 11 is 0. The molecular weight excluding hydrogens is 604 g/mol. The maximum Gasteiger partial charge on any atom is 0.407 e. The van der Waals surface area contributed by atoms with Crippen LogP contribution < -0.4 is 15.4 Å². The van der Waals surface area contributed by atoms with Crippen LogP contribution in [0.1, 0.15) is 47.2 Å². The average molecular weight is 651 g/mol.